The molecule has 0 radical (unpaired) electrons. The lowest BCUT2D eigenvalue weighted by atomic mass is 9.85. The van der Waals surface area contributed by atoms with Gasteiger partial charge in [-0.3, -0.25) is 9.78 Å². The summed E-state index contributed by atoms with van der Waals surface area (Å²) in [5.74, 6) is 6.40. The van der Waals surface area contributed by atoms with E-state index >= 15 is 0 Å². The maximum atomic E-state index is 12.9. The van der Waals surface area contributed by atoms with Crippen LogP contribution >= 0.6 is 0 Å². The Morgan fingerprint density at radius 2 is 2.24 bits per heavy atom. The number of aliphatic hydroxyl groups excluding tert-OH is 1. The third kappa shape index (κ3) is 3.43. The van der Waals surface area contributed by atoms with Crippen molar-refractivity contribution in [3.8, 4) is 11.8 Å². The molecule has 3 unspecified atom stereocenters. The summed E-state index contributed by atoms with van der Waals surface area (Å²) < 4.78 is 0. The molecular formula is C17H22N2O2. The Morgan fingerprint density at radius 1 is 1.48 bits per heavy atom. The first-order chi connectivity index (χ1) is 10.0. The van der Waals surface area contributed by atoms with E-state index in [2.05, 4.69) is 37.6 Å². The SMILES string of the molecule is CC1CC(C)C(C)N(C(=O)c2ccncc2C#CCO)C1. The van der Waals surface area contributed by atoms with E-state index < -0.39 is 0 Å². The summed E-state index contributed by atoms with van der Waals surface area (Å²) in [4.78, 5) is 18.8. The number of likely N-dealkylation sites (tertiary alicyclic amines) is 1. The number of nitrogens with zero attached hydrogens (tertiary/aromatic N) is 2. The van der Waals surface area contributed by atoms with Gasteiger partial charge in [0.15, 0.2) is 0 Å². The van der Waals surface area contributed by atoms with Crippen LogP contribution < -0.4 is 0 Å². The molecule has 1 saturated heterocycles. The van der Waals surface area contributed by atoms with E-state index in [4.69, 9.17) is 5.11 Å². The minimum absolute atomic E-state index is 0.00513. The Hall–Kier alpha value is -1.86. The number of rotatable bonds is 1. The van der Waals surface area contributed by atoms with Crippen LogP contribution in [0, 0.1) is 23.7 Å². The highest BCUT2D eigenvalue weighted by Crippen LogP contribution is 2.28. The van der Waals surface area contributed by atoms with Crippen molar-refractivity contribution >= 4 is 5.91 Å². The zero-order chi connectivity index (χ0) is 15.4. The Bertz CT molecular complexity index is 574. The molecule has 1 N–H and O–H groups in total. The van der Waals surface area contributed by atoms with Crippen LogP contribution in [0.2, 0.25) is 0 Å². The molecule has 112 valence electrons. The summed E-state index contributed by atoms with van der Waals surface area (Å²) in [6, 6.07) is 1.93. The molecule has 1 aliphatic heterocycles. The first-order valence-electron chi connectivity index (χ1n) is 7.39. The van der Waals surface area contributed by atoms with Crippen LogP contribution in [0.5, 0.6) is 0 Å². The molecule has 0 aromatic carbocycles. The van der Waals surface area contributed by atoms with E-state index in [0.29, 0.717) is 23.0 Å². The summed E-state index contributed by atoms with van der Waals surface area (Å²) in [7, 11) is 0. The predicted octanol–water partition coefficient (Wildman–Crippen LogP) is 1.93. The lowest BCUT2D eigenvalue weighted by Crippen LogP contribution is -2.49. The summed E-state index contributed by atoms with van der Waals surface area (Å²) in [5.41, 5.74) is 1.15. The summed E-state index contributed by atoms with van der Waals surface area (Å²) in [5, 5.41) is 8.83. The van der Waals surface area contributed by atoms with Crippen LogP contribution in [-0.4, -0.2) is 40.1 Å². The van der Waals surface area contributed by atoms with Gasteiger partial charge in [0.05, 0.1) is 11.1 Å². The van der Waals surface area contributed by atoms with Crippen molar-refractivity contribution in [3.63, 3.8) is 0 Å². The predicted molar refractivity (Wildman–Crippen MR) is 81.6 cm³/mol. The highest BCUT2D eigenvalue weighted by Gasteiger charge is 2.32. The molecule has 1 aromatic heterocycles. The number of hydrogen-bond acceptors (Lipinski definition) is 3. The number of piperidine rings is 1. The number of carbonyl (C=O) groups excluding carboxylic acids is 1. The third-order valence-electron chi connectivity index (χ3n) is 4.21. The molecule has 2 heterocycles. The minimum atomic E-state index is -0.225. The first kappa shape index (κ1) is 15.5. The minimum Gasteiger partial charge on any atom is -0.384 e. The maximum absolute atomic E-state index is 12.9. The molecule has 1 aromatic rings. The number of aliphatic hydroxyl groups is 1. The van der Waals surface area contributed by atoms with E-state index in [0.717, 1.165) is 13.0 Å². The quantitative estimate of drug-likeness (QED) is 0.803. The summed E-state index contributed by atoms with van der Waals surface area (Å²) in [6.45, 7) is 7.03. The molecule has 2 rings (SSSR count). The zero-order valence-electron chi connectivity index (χ0n) is 12.8. The van der Waals surface area contributed by atoms with Crippen molar-refractivity contribution in [2.24, 2.45) is 11.8 Å². The average molecular weight is 286 g/mol. The highest BCUT2D eigenvalue weighted by atomic mass is 16.2. The summed E-state index contributed by atoms with van der Waals surface area (Å²) >= 11 is 0. The monoisotopic (exact) mass is 286 g/mol. The van der Waals surface area contributed by atoms with Crippen molar-refractivity contribution in [3.05, 3.63) is 29.6 Å². The average Bonchev–Trinajstić information content (AvgIpc) is 2.48. The Kier molecular flexibility index (Phi) is 4.98. The van der Waals surface area contributed by atoms with Crippen LogP contribution in [0.15, 0.2) is 18.5 Å². The van der Waals surface area contributed by atoms with Gasteiger partial charge < -0.3 is 10.0 Å². The molecule has 0 aliphatic carbocycles. The maximum Gasteiger partial charge on any atom is 0.255 e. The lowest BCUT2D eigenvalue weighted by molar-refractivity contribution is 0.0455. The second-order valence-corrected chi connectivity index (χ2v) is 5.90. The topological polar surface area (TPSA) is 53.4 Å². The van der Waals surface area contributed by atoms with E-state index in [1.165, 1.54) is 0 Å². The van der Waals surface area contributed by atoms with Crippen LogP contribution in [-0.2, 0) is 0 Å². The van der Waals surface area contributed by atoms with Gasteiger partial charge in [-0.1, -0.05) is 25.7 Å². The van der Waals surface area contributed by atoms with Gasteiger partial charge in [-0.15, -0.1) is 0 Å². The van der Waals surface area contributed by atoms with E-state index in [1.54, 1.807) is 18.5 Å². The van der Waals surface area contributed by atoms with Crippen molar-refractivity contribution < 1.29 is 9.90 Å². The van der Waals surface area contributed by atoms with Gasteiger partial charge in [-0.25, -0.2) is 0 Å². The highest BCUT2D eigenvalue weighted by molar-refractivity contribution is 5.96. The second kappa shape index (κ2) is 6.73. The van der Waals surface area contributed by atoms with Crippen LogP contribution in [0.3, 0.4) is 0 Å². The van der Waals surface area contributed by atoms with Crippen molar-refractivity contribution in [2.75, 3.05) is 13.2 Å². The molecule has 4 heteroatoms. The second-order valence-electron chi connectivity index (χ2n) is 5.90. The van der Waals surface area contributed by atoms with Crippen LogP contribution in [0.25, 0.3) is 0 Å². The van der Waals surface area contributed by atoms with Gasteiger partial charge in [-0.2, -0.15) is 0 Å². The largest absolute Gasteiger partial charge is 0.384 e. The van der Waals surface area contributed by atoms with E-state index in [-0.39, 0.29) is 18.6 Å². The molecule has 0 spiro atoms. The fourth-order valence-electron chi connectivity index (χ4n) is 2.95. The van der Waals surface area contributed by atoms with Crippen molar-refractivity contribution in [2.45, 2.75) is 33.2 Å². The van der Waals surface area contributed by atoms with Crippen molar-refractivity contribution in [1.82, 2.24) is 9.88 Å². The van der Waals surface area contributed by atoms with E-state index in [1.807, 2.05) is 4.90 Å². The summed E-state index contributed by atoms with van der Waals surface area (Å²) in [6.07, 6.45) is 4.34. The van der Waals surface area contributed by atoms with Crippen LogP contribution in [0.4, 0.5) is 0 Å². The number of carbonyl (C=O) groups is 1. The van der Waals surface area contributed by atoms with Gasteiger partial charge in [-0.05, 0) is 31.2 Å². The number of aromatic nitrogens is 1. The van der Waals surface area contributed by atoms with Crippen LogP contribution in [0.1, 0.15) is 43.1 Å². The molecule has 1 amide bonds. The van der Waals surface area contributed by atoms with E-state index in [9.17, 15) is 4.79 Å². The number of amides is 1. The van der Waals surface area contributed by atoms with Gasteiger partial charge in [0.2, 0.25) is 0 Å². The molecule has 21 heavy (non-hydrogen) atoms. The fourth-order valence-corrected chi connectivity index (χ4v) is 2.95. The van der Waals surface area contributed by atoms with Gasteiger partial charge >= 0.3 is 0 Å². The smallest absolute Gasteiger partial charge is 0.255 e. The Labute approximate surface area is 126 Å². The normalized spacial score (nSPS) is 25.1. The van der Waals surface area contributed by atoms with Crippen molar-refractivity contribution in [1.29, 1.82) is 0 Å². The first-order valence-corrected chi connectivity index (χ1v) is 7.39. The molecule has 3 atom stereocenters. The van der Waals surface area contributed by atoms with Gasteiger partial charge in [0.25, 0.3) is 5.91 Å². The van der Waals surface area contributed by atoms with Gasteiger partial charge in [0.1, 0.15) is 6.61 Å². The zero-order valence-corrected chi connectivity index (χ0v) is 12.8. The molecule has 1 fully saturated rings. The molecule has 4 nitrogen and oxygen atoms in total. The standard InChI is InChI=1S/C17H22N2O2/c1-12-9-13(2)14(3)19(11-12)17(21)16-6-7-18-10-15(16)5-4-8-20/h6-7,10,12-14,20H,8-9,11H2,1-3H3. The molecule has 1 aliphatic rings. The molecule has 0 saturated carbocycles. The number of hydrogen-bond donors (Lipinski definition) is 1. The van der Waals surface area contributed by atoms with Gasteiger partial charge in [0, 0.05) is 25.0 Å². The lowest BCUT2D eigenvalue weighted by Gasteiger charge is -2.41. The molecular weight excluding hydrogens is 264 g/mol. The molecule has 0 bridgehead atoms. The fraction of sp³-hybridized carbons (Fsp3) is 0.529. The third-order valence-corrected chi connectivity index (χ3v) is 4.21. The Morgan fingerprint density at radius 3 is 2.95 bits per heavy atom. The number of pyridine rings is 1. The Balaban J connectivity index is 2.31.